The van der Waals surface area contributed by atoms with Crippen LogP contribution in [0.5, 0.6) is 11.5 Å². The van der Waals surface area contributed by atoms with E-state index in [0.717, 1.165) is 30.0 Å². The molecule has 0 saturated heterocycles. The Morgan fingerprint density at radius 3 is 2.05 bits per heavy atom. The van der Waals surface area contributed by atoms with Crippen LogP contribution >= 0.6 is 0 Å². The van der Waals surface area contributed by atoms with Crippen LogP contribution in [-0.2, 0) is 11.2 Å². The first-order valence-electron chi connectivity index (χ1n) is 14.2. The number of alkyl halides is 1. The van der Waals surface area contributed by atoms with Crippen molar-refractivity contribution in [3.05, 3.63) is 81.9 Å². The van der Waals surface area contributed by atoms with Crippen LogP contribution < -0.4 is 14.4 Å². The zero-order valence-electron chi connectivity index (χ0n) is 25.1. The molecule has 3 aromatic carbocycles. The van der Waals surface area contributed by atoms with Crippen LogP contribution in [0.2, 0.25) is 0 Å². The molecule has 3 atom stereocenters. The summed E-state index contributed by atoms with van der Waals surface area (Å²) in [5.74, 6) is -2.19. The lowest BCUT2D eigenvalue weighted by atomic mass is 9.97. The van der Waals surface area contributed by atoms with E-state index in [1.807, 2.05) is 12.1 Å². The number of nitro groups is 1. The van der Waals surface area contributed by atoms with Gasteiger partial charge in [0, 0.05) is 26.2 Å². The van der Waals surface area contributed by atoms with E-state index in [4.69, 9.17) is 9.47 Å². The predicted molar refractivity (Wildman–Crippen MR) is 162 cm³/mol. The number of hydrogen-bond acceptors (Lipinski definition) is 7. The van der Waals surface area contributed by atoms with E-state index < -0.39 is 40.4 Å². The maximum absolute atomic E-state index is 14.4. The minimum absolute atomic E-state index is 0.109. The second-order valence-electron chi connectivity index (χ2n) is 10.9. The first kappa shape index (κ1) is 32.2. The SMILES string of the molecule is CCC(C)CCc1ccc(-c2ccc(OC(=O)c3cc([N+](=O)[O-])c(OC(=O)[C@@H](F)[C@@H](C)CC)cc3N(C)C)cc2)cc1. The number of rotatable bonds is 13. The summed E-state index contributed by atoms with van der Waals surface area (Å²) in [6, 6.07) is 17.5. The van der Waals surface area contributed by atoms with Crippen LogP contribution in [0.1, 0.15) is 62.9 Å². The van der Waals surface area contributed by atoms with Crippen LogP contribution in [-0.4, -0.2) is 37.1 Å². The molecule has 0 spiro atoms. The number of nitrogens with zero attached hydrogens (tertiary/aromatic N) is 2. The molecular weight excluding hydrogens is 539 g/mol. The Balaban J connectivity index is 1.80. The van der Waals surface area contributed by atoms with Gasteiger partial charge in [0.2, 0.25) is 5.75 Å². The highest BCUT2D eigenvalue weighted by atomic mass is 19.1. The maximum Gasteiger partial charge on any atom is 0.346 e. The molecule has 3 rings (SSSR count). The third-order valence-electron chi connectivity index (χ3n) is 7.53. The topological polar surface area (TPSA) is 99.0 Å². The summed E-state index contributed by atoms with van der Waals surface area (Å²) in [6.07, 6.45) is 1.80. The summed E-state index contributed by atoms with van der Waals surface area (Å²) in [5, 5.41) is 11.8. The van der Waals surface area contributed by atoms with Crippen molar-refractivity contribution in [2.24, 2.45) is 11.8 Å². The molecule has 0 radical (unpaired) electrons. The van der Waals surface area contributed by atoms with Gasteiger partial charge in [0.15, 0.2) is 6.17 Å². The van der Waals surface area contributed by atoms with Gasteiger partial charge in [-0.15, -0.1) is 0 Å². The van der Waals surface area contributed by atoms with Crippen molar-refractivity contribution in [1.82, 2.24) is 0 Å². The zero-order chi connectivity index (χ0) is 31.0. The fraction of sp³-hybridized carbons (Fsp3) is 0.394. The summed E-state index contributed by atoms with van der Waals surface area (Å²) < 4.78 is 25.1. The van der Waals surface area contributed by atoms with Gasteiger partial charge < -0.3 is 14.4 Å². The van der Waals surface area contributed by atoms with Gasteiger partial charge >= 0.3 is 17.6 Å². The fourth-order valence-corrected chi connectivity index (χ4v) is 4.28. The van der Waals surface area contributed by atoms with Gasteiger partial charge in [-0.1, -0.05) is 76.9 Å². The molecule has 0 aromatic heterocycles. The van der Waals surface area contributed by atoms with Crippen molar-refractivity contribution in [1.29, 1.82) is 0 Å². The lowest BCUT2D eigenvalue weighted by molar-refractivity contribution is -0.385. The molecule has 3 aromatic rings. The van der Waals surface area contributed by atoms with Crippen molar-refractivity contribution in [2.75, 3.05) is 19.0 Å². The largest absolute Gasteiger partial charge is 0.423 e. The van der Waals surface area contributed by atoms with Gasteiger partial charge in [-0.25, -0.2) is 14.0 Å². The molecule has 0 heterocycles. The number of benzene rings is 3. The van der Waals surface area contributed by atoms with Gasteiger partial charge in [-0.3, -0.25) is 10.1 Å². The van der Waals surface area contributed by atoms with E-state index in [-0.39, 0.29) is 17.0 Å². The monoisotopic (exact) mass is 578 g/mol. The van der Waals surface area contributed by atoms with Crippen molar-refractivity contribution < 1.29 is 28.4 Å². The molecule has 0 saturated carbocycles. The average Bonchev–Trinajstić information content (AvgIpc) is 2.99. The van der Waals surface area contributed by atoms with E-state index in [0.29, 0.717) is 12.3 Å². The average molecular weight is 579 g/mol. The third-order valence-corrected chi connectivity index (χ3v) is 7.53. The molecule has 0 aliphatic rings. The van der Waals surface area contributed by atoms with E-state index in [2.05, 4.69) is 38.1 Å². The molecule has 8 nitrogen and oxygen atoms in total. The summed E-state index contributed by atoms with van der Waals surface area (Å²) in [7, 11) is 3.23. The number of hydrogen-bond donors (Lipinski definition) is 0. The Morgan fingerprint density at radius 1 is 0.929 bits per heavy atom. The smallest absolute Gasteiger partial charge is 0.346 e. The van der Waals surface area contributed by atoms with Gasteiger partial charge in [-0.2, -0.15) is 0 Å². The first-order valence-corrected chi connectivity index (χ1v) is 14.2. The van der Waals surface area contributed by atoms with Crippen LogP contribution in [0.3, 0.4) is 0 Å². The van der Waals surface area contributed by atoms with Crippen LogP contribution in [0.15, 0.2) is 60.7 Å². The van der Waals surface area contributed by atoms with E-state index in [9.17, 15) is 24.1 Å². The van der Waals surface area contributed by atoms with Gasteiger partial charge in [0.25, 0.3) is 0 Å². The van der Waals surface area contributed by atoms with Crippen molar-refractivity contribution in [3.8, 4) is 22.6 Å². The van der Waals surface area contributed by atoms with E-state index in [1.54, 1.807) is 40.1 Å². The number of carbonyl (C=O) groups excluding carboxylic acids is 2. The lowest BCUT2D eigenvalue weighted by Crippen LogP contribution is -2.28. The number of esters is 2. The maximum atomic E-state index is 14.4. The molecule has 0 aliphatic heterocycles. The van der Waals surface area contributed by atoms with Crippen molar-refractivity contribution in [3.63, 3.8) is 0 Å². The second-order valence-corrected chi connectivity index (χ2v) is 10.9. The van der Waals surface area contributed by atoms with Gasteiger partial charge in [0.1, 0.15) is 5.75 Å². The minimum Gasteiger partial charge on any atom is -0.423 e. The molecule has 9 heteroatoms. The van der Waals surface area contributed by atoms with Crippen molar-refractivity contribution in [2.45, 2.75) is 59.5 Å². The zero-order valence-corrected chi connectivity index (χ0v) is 25.1. The van der Waals surface area contributed by atoms with Crippen LogP contribution in [0, 0.1) is 22.0 Å². The summed E-state index contributed by atoms with van der Waals surface area (Å²) >= 11 is 0. The Morgan fingerprint density at radius 2 is 1.52 bits per heavy atom. The predicted octanol–water partition coefficient (Wildman–Crippen LogP) is 7.82. The van der Waals surface area contributed by atoms with Gasteiger partial charge in [-0.05, 0) is 53.5 Å². The molecular formula is C33H39FN2O6. The summed E-state index contributed by atoms with van der Waals surface area (Å²) in [5.41, 5.74) is 2.71. The number of halogens is 1. The highest BCUT2D eigenvalue weighted by Gasteiger charge is 2.31. The highest BCUT2D eigenvalue weighted by molar-refractivity contribution is 5.99. The molecule has 0 N–H and O–H groups in total. The molecule has 1 unspecified atom stereocenters. The van der Waals surface area contributed by atoms with Crippen molar-refractivity contribution >= 4 is 23.3 Å². The summed E-state index contributed by atoms with van der Waals surface area (Å²) in [4.78, 5) is 38.0. The Bertz CT molecular complexity index is 1390. The summed E-state index contributed by atoms with van der Waals surface area (Å²) in [6.45, 7) is 7.72. The Hall–Kier alpha value is -4.27. The quantitative estimate of drug-likeness (QED) is 0.0882. The molecule has 0 amide bonds. The number of ether oxygens (including phenoxy) is 2. The van der Waals surface area contributed by atoms with Crippen LogP contribution in [0.25, 0.3) is 11.1 Å². The normalized spacial score (nSPS) is 13.1. The van der Waals surface area contributed by atoms with E-state index in [1.165, 1.54) is 23.0 Å². The van der Waals surface area contributed by atoms with Crippen LogP contribution in [0.4, 0.5) is 15.8 Å². The van der Waals surface area contributed by atoms with E-state index >= 15 is 0 Å². The Kier molecular flexibility index (Phi) is 11.2. The third kappa shape index (κ3) is 8.15. The number of aryl methyl sites for hydroxylation is 1. The number of nitro benzene ring substituents is 1. The van der Waals surface area contributed by atoms with Gasteiger partial charge in [0.05, 0.1) is 16.2 Å². The minimum atomic E-state index is -1.95. The standard InChI is InChI=1S/C33H39FN2O6/c1-7-21(3)9-10-23-11-13-24(14-12-23)25-15-17-26(18-16-25)41-32(37)27-19-29(36(39)40)30(20-28(27)35(5)6)42-33(38)31(34)22(4)8-2/h11-22,31H,7-10H2,1-6H3/t21?,22-,31-/m0/s1. The number of anilines is 1. The number of carbonyl (C=O) groups is 2. The molecule has 0 aliphatic carbocycles. The molecule has 0 fully saturated rings. The lowest BCUT2D eigenvalue weighted by Gasteiger charge is -2.19. The first-order chi connectivity index (χ1) is 19.9. The molecule has 0 bridgehead atoms. The highest BCUT2D eigenvalue weighted by Crippen LogP contribution is 2.36. The second kappa shape index (κ2) is 14.6. The molecule has 42 heavy (non-hydrogen) atoms. The Labute approximate surface area is 246 Å². The fourth-order valence-electron chi connectivity index (χ4n) is 4.28. The molecule has 224 valence electrons.